The third-order valence-electron chi connectivity index (χ3n) is 3.51. The Bertz CT molecular complexity index is 788. The van der Waals surface area contributed by atoms with Gasteiger partial charge in [0, 0.05) is 0 Å². The number of hydrogen-bond acceptors (Lipinski definition) is 5. The van der Waals surface area contributed by atoms with Crippen LogP contribution in [0.2, 0.25) is 0 Å². The summed E-state index contributed by atoms with van der Waals surface area (Å²) in [7, 11) is 3.18. The van der Waals surface area contributed by atoms with Crippen LogP contribution < -0.4 is 18.9 Å². The Morgan fingerprint density at radius 1 is 1.13 bits per heavy atom. The minimum absolute atomic E-state index is 0.169. The molecule has 0 bridgehead atoms. The molecule has 0 N–H and O–H groups in total. The van der Waals surface area contributed by atoms with Crippen molar-refractivity contribution in [2.45, 2.75) is 0 Å². The molecule has 1 aliphatic heterocycles. The van der Waals surface area contributed by atoms with E-state index in [1.165, 1.54) is 0 Å². The van der Waals surface area contributed by atoms with Crippen LogP contribution in [0.5, 0.6) is 23.0 Å². The summed E-state index contributed by atoms with van der Waals surface area (Å²) in [5.41, 5.74) is 2.15. The Morgan fingerprint density at radius 3 is 2.57 bits per heavy atom. The van der Waals surface area contributed by atoms with Crippen LogP contribution in [0.1, 0.15) is 11.1 Å². The first-order valence-electron chi connectivity index (χ1n) is 6.99. The van der Waals surface area contributed by atoms with E-state index in [4.69, 9.17) is 18.9 Å². The van der Waals surface area contributed by atoms with Crippen LogP contribution in [0.3, 0.4) is 0 Å². The van der Waals surface area contributed by atoms with Gasteiger partial charge >= 0.3 is 0 Å². The summed E-state index contributed by atoms with van der Waals surface area (Å²) in [4.78, 5) is 0. The molecule has 3 rings (SSSR count). The molecule has 5 heteroatoms. The van der Waals surface area contributed by atoms with Gasteiger partial charge in [-0.2, -0.15) is 5.26 Å². The molecule has 0 fully saturated rings. The molecule has 2 aromatic carbocycles. The fourth-order valence-corrected chi connectivity index (χ4v) is 2.35. The van der Waals surface area contributed by atoms with E-state index in [0.717, 1.165) is 16.9 Å². The first-order valence-corrected chi connectivity index (χ1v) is 6.99. The van der Waals surface area contributed by atoms with Gasteiger partial charge in [0.2, 0.25) is 12.5 Å². The second-order valence-electron chi connectivity index (χ2n) is 4.86. The number of fused-ring (bicyclic) bond motifs is 1. The number of methoxy groups -OCH3 is 2. The molecule has 0 radical (unpaired) electrons. The molecule has 0 aliphatic carbocycles. The maximum atomic E-state index is 9.45. The lowest BCUT2D eigenvalue weighted by Crippen LogP contribution is -1.93. The maximum Gasteiger partial charge on any atom is 0.231 e. The fourth-order valence-electron chi connectivity index (χ4n) is 2.35. The average molecular weight is 309 g/mol. The normalized spacial score (nSPS) is 12.7. The molecular weight excluding hydrogens is 294 g/mol. The van der Waals surface area contributed by atoms with Crippen LogP contribution in [0.25, 0.3) is 11.6 Å². The van der Waals surface area contributed by atoms with Crippen molar-refractivity contribution in [2.24, 2.45) is 0 Å². The van der Waals surface area contributed by atoms with Gasteiger partial charge in [-0.1, -0.05) is 0 Å². The van der Waals surface area contributed by atoms with Gasteiger partial charge in [0.15, 0.2) is 11.5 Å². The first-order chi connectivity index (χ1) is 11.2. The van der Waals surface area contributed by atoms with Crippen molar-refractivity contribution in [3.8, 4) is 29.1 Å². The van der Waals surface area contributed by atoms with Crippen LogP contribution in [0, 0.1) is 11.3 Å². The van der Waals surface area contributed by atoms with Crippen LogP contribution in [-0.4, -0.2) is 21.0 Å². The molecule has 0 amide bonds. The second kappa shape index (κ2) is 6.32. The predicted octanol–water partition coefficient (Wildman–Crippen LogP) is 3.50. The highest BCUT2D eigenvalue weighted by atomic mass is 16.7. The van der Waals surface area contributed by atoms with Crippen LogP contribution >= 0.6 is 0 Å². The van der Waals surface area contributed by atoms with E-state index in [-0.39, 0.29) is 6.79 Å². The lowest BCUT2D eigenvalue weighted by molar-refractivity contribution is 0.171. The molecule has 2 aromatic rings. The van der Waals surface area contributed by atoms with Gasteiger partial charge in [0.05, 0.1) is 25.9 Å². The van der Waals surface area contributed by atoms with E-state index in [2.05, 4.69) is 6.07 Å². The lowest BCUT2D eigenvalue weighted by Gasteiger charge is -2.07. The summed E-state index contributed by atoms with van der Waals surface area (Å²) >= 11 is 0. The highest BCUT2D eigenvalue weighted by Gasteiger charge is 2.19. The summed E-state index contributed by atoms with van der Waals surface area (Å²) in [6, 6.07) is 13.2. The number of benzene rings is 2. The molecule has 23 heavy (non-hydrogen) atoms. The predicted molar refractivity (Wildman–Crippen MR) is 85.6 cm³/mol. The molecule has 0 aromatic heterocycles. The third-order valence-corrected chi connectivity index (χ3v) is 3.51. The molecular formula is C18H15NO4. The highest BCUT2D eigenvalue weighted by Crippen LogP contribution is 2.42. The van der Waals surface area contributed by atoms with Gasteiger partial charge < -0.3 is 18.9 Å². The molecule has 5 nitrogen and oxygen atoms in total. The van der Waals surface area contributed by atoms with E-state index in [1.807, 2.05) is 36.4 Å². The first kappa shape index (κ1) is 14.8. The Labute approximate surface area is 134 Å². The zero-order valence-corrected chi connectivity index (χ0v) is 12.8. The minimum atomic E-state index is 0.169. The number of hydrogen-bond donors (Lipinski definition) is 0. The Hall–Kier alpha value is -3.13. The SMILES string of the molecule is COc1ccc(/C(C#N)=C/c2cc(OC)c3c(c2)OCO3)cc1. The van der Waals surface area contributed by atoms with Crippen LogP contribution in [0.15, 0.2) is 36.4 Å². The van der Waals surface area contributed by atoms with Gasteiger partial charge in [-0.25, -0.2) is 0 Å². The summed E-state index contributed by atoms with van der Waals surface area (Å²) in [6.45, 7) is 0.169. The smallest absolute Gasteiger partial charge is 0.231 e. The standard InChI is InChI=1S/C18H15NO4/c1-20-15-5-3-13(4-6-15)14(10-19)7-12-8-16(21-2)18-17(9-12)22-11-23-18/h3-9H,11H2,1-2H3/b14-7+. The molecule has 0 unspecified atom stereocenters. The number of rotatable bonds is 4. The largest absolute Gasteiger partial charge is 0.497 e. The Balaban J connectivity index is 1.99. The zero-order chi connectivity index (χ0) is 16.2. The number of allylic oxidation sites excluding steroid dienone is 1. The molecule has 0 saturated carbocycles. The monoisotopic (exact) mass is 309 g/mol. The van der Waals surface area contributed by atoms with Crippen LogP contribution in [-0.2, 0) is 0 Å². The quantitative estimate of drug-likeness (QED) is 0.639. The fraction of sp³-hybridized carbons (Fsp3) is 0.167. The molecule has 0 saturated heterocycles. The van der Waals surface area contributed by atoms with E-state index in [0.29, 0.717) is 22.8 Å². The molecule has 0 atom stereocenters. The van der Waals surface area contributed by atoms with Crippen molar-refractivity contribution in [1.29, 1.82) is 5.26 Å². The van der Waals surface area contributed by atoms with E-state index >= 15 is 0 Å². The third kappa shape index (κ3) is 2.92. The average Bonchev–Trinajstić information content (AvgIpc) is 3.07. The topological polar surface area (TPSA) is 60.7 Å². The summed E-state index contributed by atoms with van der Waals surface area (Å²) in [5, 5.41) is 9.45. The molecule has 0 spiro atoms. The number of nitrogens with zero attached hydrogens (tertiary/aromatic N) is 1. The van der Waals surface area contributed by atoms with Gasteiger partial charge in [0.25, 0.3) is 0 Å². The molecule has 1 heterocycles. The van der Waals surface area contributed by atoms with Crippen molar-refractivity contribution < 1.29 is 18.9 Å². The molecule has 1 aliphatic rings. The van der Waals surface area contributed by atoms with E-state index in [1.54, 1.807) is 20.3 Å². The lowest BCUT2D eigenvalue weighted by atomic mass is 10.0. The number of ether oxygens (including phenoxy) is 4. The Kier molecular flexibility index (Phi) is 4.07. The van der Waals surface area contributed by atoms with Crippen molar-refractivity contribution in [2.75, 3.05) is 21.0 Å². The number of nitriles is 1. The van der Waals surface area contributed by atoms with Crippen molar-refractivity contribution in [1.82, 2.24) is 0 Å². The maximum absolute atomic E-state index is 9.45. The van der Waals surface area contributed by atoms with E-state index < -0.39 is 0 Å². The van der Waals surface area contributed by atoms with Crippen LogP contribution in [0.4, 0.5) is 0 Å². The van der Waals surface area contributed by atoms with Crippen molar-refractivity contribution >= 4 is 11.6 Å². The second-order valence-corrected chi connectivity index (χ2v) is 4.86. The summed E-state index contributed by atoms with van der Waals surface area (Å²) < 4.78 is 21.2. The Morgan fingerprint density at radius 2 is 1.91 bits per heavy atom. The highest BCUT2D eigenvalue weighted by molar-refractivity contribution is 5.90. The molecule has 116 valence electrons. The zero-order valence-electron chi connectivity index (χ0n) is 12.8. The van der Waals surface area contributed by atoms with Gasteiger partial charge in [-0.15, -0.1) is 0 Å². The van der Waals surface area contributed by atoms with Crippen molar-refractivity contribution in [3.05, 3.63) is 47.5 Å². The van der Waals surface area contributed by atoms with Gasteiger partial charge in [-0.05, 0) is 53.6 Å². The summed E-state index contributed by atoms with van der Waals surface area (Å²) in [5.74, 6) is 2.53. The van der Waals surface area contributed by atoms with E-state index in [9.17, 15) is 5.26 Å². The van der Waals surface area contributed by atoms with Gasteiger partial charge in [0.1, 0.15) is 5.75 Å². The van der Waals surface area contributed by atoms with Gasteiger partial charge in [-0.3, -0.25) is 0 Å². The minimum Gasteiger partial charge on any atom is -0.497 e. The summed E-state index contributed by atoms with van der Waals surface area (Å²) in [6.07, 6.45) is 1.78. The van der Waals surface area contributed by atoms with Crippen molar-refractivity contribution in [3.63, 3.8) is 0 Å².